The first kappa shape index (κ1) is 6.97. The van der Waals surface area contributed by atoms with Crippen LogP contribution in [0.4, 0.5) is 10.1 Å². The van der Waals surface area contributed by atoms with E-state index >= 15 is 0 Å². The fourth-order valence-corrected chi connectivity index (χ4v) is 0.718. The summed E-state index contributed by atoms with van der Waals surface area (Å²) in [5, 5.41) is 8.44. The predicted molar refractivity (Wildman–Crippen MR) is 36.2 cm³/mol. The highest BCUT2D eigenvalue weighted by Crippen LogP contribution is 2.24. The molecule has 0 unspecified atom stereocenters. The first-order valence-corrected chi connectivity index (χ1v) is 2.92. The van der Waals surface area contributed by atoms with Gasteiger partial charge in [-0.3, -0.25) is 0 Å². The lowest BCUT2D eigenvalue weighted by Crippen LogP contribution is -1.70. The number of nitrogens with zero attached hydrogens (tertiary/aromatic N) is 2. The Morgan fingerprint density at radius 2 is 2.20 bits per heavy atom. The standard InChI is InChI=1S/C6H3ClFN2/c7-5-2-1-4(8)3-6(5)10-9/h1-3H/q+1. The van der Waals surface area contributed by atoms with Crippen molar-refractivity contribution in [3.8, 4) is 0 Å². The quantitative estimate of drug-likeness (QED) is 0.532. The normalized spacial score (nSPS) is 8.90. The van der Waals surface area contributed by atoms with Gasteiger partial charge in [-0.2, -0.15) is 0 Å². The van der Waals surface area contributed by atoms with Crippen molar-refractivity contribution in [2.24, 2.45) is 0 Å². The number of hydrogen-bond acceptors (Lipinski definition) is 1. The summed E-state index contributed by atoms with van der Waals surface area (Å²) in [7, 11) is 0. The summed E-state index contributed by atoms with van der Waals surface area (Å²) in [5.41, 5.74) is 0.0432. The number of rotatable bonds is 0. The molecule has 0 aromatic heterocycles. The van der Waals surface area contributed by atoms with Gasteiger partial charge in [-0.1, -0.05) is 11.6 Å². The Hall–Kier alpha value is -1.14. The average molecular weight is 158 g/mol. The van der Waals surface area contributed by atoms with Gasteiger partial charge in [-0.25, -0.2) is 4.39 Å². The molecule has 1 aromatic rings. The lowest BCUT2D eigenvalue weighted by molar-refractivity contribution is 0.628. The SMILES string of the molecule is N#[N+]c1cc(F)ccc1Cl. The maximum Gasteiger partial charge on any atom is 0.406 e. The van der Waals surface area contributed by atoms with Crippen LogP contribution in [0.3, 0.4) is 0 Å². The van der Waals surface area contributed by atoms with Crippen molar-refractivity contribution in [3.05, 3.63) is 34.0 Å². The third-order valence-electron chi connectivity index (χ3n) is 1.02. The summed E-state index contributed by atoms with van der Waals surface area (Å²) in [4.78, 5) is 2.76. The van der Waals surface area contributed by atoms with E-state index in [-0.39, 0.29) is 10.7 Å². The van der Waals surface area contributed by atoms with E-state index in [0.29, 0.717) is 0 Å². The molecule has 0 heterocycles. The molecule has 2 nitrogen and oxygen atoms in total. The molecule has 0 bridgehead atoms. The van der Waals surface area contributed by atoms with Crippen molar-refractivity contribution in [3.63, 3.8) is 0 Å². The van der Waals surface area contributed by atoms with E-state index in [1.807, 2.05) is 0 Å². The van der Waals surface area contributed by atoms with Gasteiger partial charge in [-0.05, 0) is 12.1 Å². The zero-order chi connectivity index (χ0) is 7.56. The van der Waals surface area contributed by atoms with Crippen molar-refractivity contribution in [2.45, 2.75) is 0 Å². The summed E-state index contributed by atoms with van der Waals surface area (Å²) < 4.78 is 12.3. The number of diazo groups is 1. The molecule has 1 aromatic carbocycles. The Labute approximate surface area is 61.9 Å². The Morgan fingerprint density at radius 1 is 1.50 bits per heavy atom. The van der Waals surface area contributed by atoms with Crippen LogP contribution in [0.5, 0.6) is 0 Å². The molecule has 4 heteroatoms. The van der Waals surface area contributed by atoms with Gasteiger partial charge in [0.05, 0.1) is 6.07 Å². The van der Waals surface area contributed by atoms with E-state index in [1.165, 1.54) is 12.1 Å². The second-order valence-electron chi connectivity index (χ2n) is 1.70. The monoisotopic (exact) mass is 157 g/mol. The first-order valence-electron chi connectivity index (χ1n) is 2.54. The van der Waals surface area contributed by atoms with Crippen molar-refractivity contribution >= 4 is 17.3 Å². The molecular weight excluding hydrogens is 155 g/mol. The van der Waals surface area contributed by atoms with E-state index < -0.39 is 5.82 Å². The lowest BCUT2D eigenvalue weighted by Gasteiger charge is -1.83. The van der Waals surface area contributed by atoms with E-state index in [1.54, 1.807) is 0 Å². The zero-order valence-electron chi connectivity index (χ0n) is 4.88. The largest absolute Gasteiger partial charge is 0.406 e. The molecule has 1 rings (SSSR count). The third kappa shape index (κ3) is 1.23. The van der Waals surface area contributed by atoms with Crippen molar-refractivity contribution in [2.75, 3.05) is 0 Å². The molecule has 0 radical (unpaired) electrons. The Balaban J connectivity index is 3.25. The van der Waals surface area contributed by atoms with E-state index in [0.717, 1.165) is 6.07 Å². The minimum absolute atomic E-state index is 0.0432. The maximum absolute atomic E-state index is 12.3. The minimum Gasteiger partial charge on any atom is -0.207 e. The minimum atomic E-state index is -0.475. The smallest absolute Gasteiger partial charge is 0.207 e. The van der Waals surface area contributed by atoms with Gasteiger partial charge in [0.1, 0.15) is 10.8 Å². The third-order valence-corrected chi connectivity index (χ3v) is 1.34. The summed E-state index contributed by atoms with van der Waals surface area (Å²) in [6.45, 7) is 0. The molecular formula is C6H3ClFN2+. The summed E-state index contributed by atoms with van der Waals surface area (Å²) in [6, 6.07) is 3.56. The molecule has 0 atom stereocenters. The van der Waals surface area contributed by atoms with E-state index in [4.69, 9.17) is 17.0 Å². The van der Waals surface area contributed by atoms with Gasteiger partial charge in [0.2, 0.25) is 5.39 Å². The van der Waals surface area contributed by atoms with Crippen LogP contribution in [0, 0.1) is 11.2 Å². The average Bonchev–Trinajstić information content (AvgIpc) is 1.94. The Morgan fingerprint density at radius 3 is 2.70 bits per heavy atom. The van der Waals surface area contributed by atoms with Gasteiger partial charge >= 0.3 is 5.69 Å². The van der Waals surface area contributed by atoms with Crippen LogP contribution >= 0.6 is 11.6 Å². The molecule has 10 heavy (non-hydrogen) atoms. The highest BCUT2D eigenvalue weighted by atomic mass is 35.5. The second-order valence-corrected chi connectivity index (χ2v) is 2.10. The van der Waals surface area contributed by atoms with Crippen molar-refractivity contribution in [1.82, 2.24) is 0 Å². The molecule has 0 N–H and O–H groups in total. The Bertz CT molecular complexity index is 292. The fraction of sp³-hybridized carbons (Fsp3) is 0. The van der Waals surface area contributed by atoms with E-state index in [2.05, 4.69) is 4.98 Å². The lowest BCUT2D eigenvalue weighted by atomic mass is 10.3. The molecule has 50 valence electrons. The van der Waals surface area contributed by atoms with Gasteiger partial charge in [0.15, 0.2) is 4.98 Å². The van der Waals surface area contributed by atoms with Crippen LogP contribution in [-0.2, 0) is 0 Å². The maximum atomic E-state index is 12.3. The molecule has 0 aliphatic heterocycles. The van der Waals surface area contributed by atoms with Crippen LogP contribution in [0.2, 0.25) is 5.02 Å². The molecule has 0 saturated carbocycles. The summed E-state index contributed by atoms with van der Waals surface area (Å²) in [6.07, 6.45) is 0. The van der Waals surface area contributed by atoms with Gasteiger partial charge < -0.3 is 0 Å². The van der Waals surface area contributed by atoms with Gasteiger partial charge in [-0.15, -0.1) is 0 Å². The van der Waals surface area contributed by atoms with Crippen LogP contribution in [0.1, 0.15) is 0 Å². The number of benzene rings is 1. The summed E-state index contributed by atoms with van der Waals surface area (Å²) in [5.74, 6) is -0.475. The predicted octanol–water partition coefficient (Wildman–Crippen LogP) is 2.96. The van der Waals surface area contributed by atoms with E-state index in [9.17, 15) is 4.39 Å². The summed E-state index contributed by atoms with van der Waals surface area (Å²) >= 11 is 5.48. The van der Waals surface area contributed by atoms with Crippen LogP contribution < -0.4 is 0 Å². The number of hydrogen-bond donors (Lipinski definition) is 0. The van der Waals surface area contributed by atoms with Gasteiger partial charge in [0, 0.05) is 0 Å². The molecule has 0 aliphatic rings. The Kier molecular flexibility index (Phi) is 1.83. The fourth-order valence-electron chi connectivity index (χ4n) is 0.562. The molecule has 0 aliphatic carbocycles. The molecule has 0 amide bonds. The van der Waals surface area contributed by atoms with Crippen LogP contribution in [0.15, 0.2) is 18.2 Å². The highest BCUT2D eigenvalue weighted by Gasteiger charge is 2.11. The second kappa shape index (κ2) is 2.63. The molecule has 0 saturated heterocycles. The van der Waals surface area contributed by atoms with Crippen LogP contribution in [-0.4, -0.2) is 0 Å². The zero-order valence-corrected chi connectivity index (χ0v) is 5.64. The topological polar surface area (TPSA) is 28.1 Å². The number of halogens is 2. The highest BCUT2D eigenvalue weighted by molar-refractivity contribution is 6.33. The first-order chi connectivity index (χ1) is 4.74. The van der Waals surface area contributed by atoms with Crippen LogP contribution in [0.25, 0.3) is 4.98 Å². The van der Waals surface area contributed by atoms with Crippen molar-refractivity contribution in [1.29, 1.82) is 5.39 Å². The molecule has 0 fully saturated rings. The van der Waals surface area contributed by atoms with Crippen molar-refractivity contribution < 1.29 is 4.39 Å². The molecule has 0 spiro atoms. The van der Waals surface area contributed by atoms with Gasteiger partial charge in [0.25, 0.3) is 0 Å².